The van der Waals surface area contributed by atoms with Crippen molar-refractivity contribution >= 4 is 28.2 Å². The maximum atomic E-state index is 9.44. The van der Waals surface area contributed by atoms with Crippen LogP contribution in [0.15, 0.2) is 24.4 Å². The Kier molecular flexibility index (Phi) is 4.47. The van der Waals surface area contributed by atoms with E-state index in [1.807, 2.05) is 18.2 Å². The van der Waals surface area contributed by atoms with E-state index in [1.54, 1.807) is 13.3 Å². The Balaban J connectivity index is 1.99. The summed E-state index contributed by atoms with van der Waals surface area (Å²) in [4.78, 5) is 6.65. The fourth-order valence-electron chi connectivity index (χ4n) is 3.13. The number of aromatic nitrogens is 1. The zero-order valence-electron chi connectivity index (χ0n) is 12.6. The second-order valence-electron chi connectivity index (χ2n) is 5.68. The molecule has 0 amide bonds. The Labute approximate surface area is 135 Å². The summed E-state index contributed by atoms with van der Waals surface area (Å²) < 4.78 is 5.25. The van der Waals surface area contributed by atoms with Gasteiger partial charge in [0.25, 0.3) is 0 Å². The molecule has 22 heavy (non-hydrogen) atoms. The summed E-state index contributed by atoms with van der Waals surface area (Å²) in [5.41, 5.74) is 2.45. The highest BCUT2D eigenvalue weighted by Crippen LogP contribution is 2.33. The number of nitrogens with zero attached hydrogens (tertiary/aromatic N) is 3. The predicted octanol–water partition coefficient (Wildman–Crippen LogP) is 3.62. The van der Waals surface area contributed by atoms with E-state index in [-0.39, 0.29) is 0 Å². The second-order valence-corrected chi connectivity index (χ2v) is 6.12. The predicted molar refractivity (Wildman–Crippen MR) is 88.3 cm³/mol. The lowest BCUT2D eigenvalue weighted by atomic mass is 9.96. The summed E-state index contributed by atoms with van der Waals surface area (Å²) in [6.45, 7) is 2.66. The van der Waals surface area contributed by atoms with Crippen LogP contribution in [0, 0.1) is 17.2 Å². The zero-order valence-corrected chi connectivity index (χ0v) is 13.3. The molecule has 1 aromatic carbocycles. The van der Waals surface area contributed by atoms with E-state index in [1.165, 1.54) is 0 Å². The molecule has 0 spiro atoms. The van der Waals surface area contributed by atoms with Crippen LogP contribution in [-0.2, 0) is 4.74 Å². The molecule has 1 aromatic heterocycles. The first-order valence-electron chi connectivity index (χ1n) is 7.45. The van der Waals surface area contributed by atoms with Crippen LogP contribution in [0.4, 0.5) is 5.69 Å². The fourth-order valence-corrected chi connectivity index (χ4v) is 3.30. The van der Waals surface area contributed by atoms with Crippen molar-refractivity contribution in [2.75, 3.05) is 31.7 Å². The van der Waals surface area contributed by atoms with Gasteiger partial charge in [-0.25, -0.2) is 0 Å². The first-order valence-corrected chi connectivity index (χ1v) is 7.83. The van der Waals surface area contributed by atoms with Gasteiger partial charge in [-0.2, -0.15) is 5.26 Å². The van der Waals surface area contributed by atoms with Gasteiger partial charge in [-0.1, -0.05) is 11.6 Å². The van der Waals surface area contributed by atoms with E-state index in [9.17, 15) is 5.26 Å². The molecular formula is C17H18ClN3O. The van der Waals surface area contributed by atoms with Gasteiger partial charge in [0.05, 0.1) is 16.8 Å². The summed E-state index contributed by atoms with van der Waals surface area (Å²) in [5.74, 6) is 0.600. The first kappa shape index (κ1) is 15.1. The van der Waals surface area contributed by atoms with Crippen molar-refractivity contribution in [2.45, 2.75) is 12.8 Å². The Morgan fingerprint density at radius 1 is 1.41 bits per heavy atom. The minimum atomic E-state index is 0.600. The number of hydrogen-bond donors (Lipinski definition) is 0. The Hall–Kier alpha value is -1.83. The average molecular weight is 316 g/mol. The monoisotopic (exact) mass is 315 g/mol. The molecule has 0 saturated carbocycles. The molecule has 1 aliphatic rings. The van der Waals surface area contributed by atoms with Crippen LogP contribution in [0.5, 0.6) is 0 Å². The van der Waals surface area contributed by atoms with Gasteiger partial charge in [-0.15, -0.1) is 0 Å². The van der Waals surface area contributed by atoms with E-state index in [0.717, 1.165) is 49.1 Å². The number of piperidine rings is 1. The molecule has 1 saturated heterocycles. The van der Waals surface area contributed by atoms with Gasteiger partial charge in [0.1, 0.15) is 6.07 Å². The maximum absolute atomic E-state index is 9.44. The molecule has 1 aliphatic heterocycles. The largest absolute Gasteiger partial charge is 0.384 e. The number of ether oxygens (including phenoxy) is 1. The van der Waals surface area contributed by atoms with E-state index in [0.29, 0.717) is 16.5 Å². The van der Waals surface area contributed by atoms with Crippen LogP contribution in [0.3, 0.4) is 0 Å². The Morgan fingerprint density at radius 2 is 2.18 bits per heavy atom. The number of methoxy groups -OCH3 is 1. The van der Waals surface area contributed by atoms with Crippen LogP contribution in [0.25, 0.3) is 10.9 Å². The molecule has 0 N–H and O–H groups in total. The van der Waals surface area contributed by atoms with Gasteiger partial charge < -0.3 is 9.64 Å². The van der Waals surface area contributed by atoms with E-state index < -0.39 is 0 Å². The number of nitriles is 1. The average Bonchev–Trinajstić information content (AvgIpc) is 2.55. The van der Waals surface area contributed by atoms with Crippen molar-refractivity contribution in [2.24, 2.45) is 5.92 Å². The highest BCUT2D eigenvalue weighted by molar-refractivity contribution is 6.31. The van der Waals surface area contributed by atoms with Crippen LogP contribution < -0.4 is 4.90 Å². The first-order chi connectivity index (χ1) is 10.7. The smallest absolute Gasteiger partial charge is 0.103 e. The third-order valence-electron chi connectivity index (χ3n) is 4.26. The minimum absolute atomic E-state index is 0.600. The van der Waals surface area contributed by atoms with Crippen molar-refractivity contribution < 1.29 is 4.74 Å². The molecule has 0 bridgehead atoms. The number of benzene rings is 1. The quantitative estimate of drug-likeness (QED) is 0.868. The summed E-state index contributed by atoms with van der Waals surface area (Å²) in [5, 5.41) is 11.1. The minimum Gasteiger partial charge on any atom is -0.384 e. The van der Waals surface area contributed by atoms with Crippen LogP contribution in [0.2, 0.25) is 5.02 Å². The molecule has 0 unspecified atom stereocenters. The third kappa shape index (κ3) is 2.87. The van der Waals surface area contributed by atoms with Crippen LogP contribution in [-0.4, -0.2) is 31.8 Å². The lowest BCUT2D eigenvalue weighted by Gasteiger charge is -2.34. The van der Waals surface area contributed by atoms with Crippen LogP contribution >= 0.6 is 11.6 Å². The van der Waals surface area contributed by atoms with Crippen molar-refractivity contribution in [3.8, 4) is 6.07 Å². The van der Waals surface area contributed by atoms with E-state index >= 15 is 0 Å². The molecule has 5 heteroatoms. The fraction of sp³-hybridized carbons (Fsp3) is 0.412. The van der Waals surface area contributed by atoms with E-state index in [2.05, 4.69) is 16.0 Å². The Bertz CT molecular complexity index is 718. The molecule has 4 nitrogen and oxygen atoms in total. The summed E-state index contributed by atoms with van der Waals surface area (Å²) in [7, 11) is 1.75. The van der Waals surface area contributed by atoms with Crippen molar-refractivity contribution in [3.63, 3.8) is 0 Å². The molecule has 114 valence electrons. The van der Waals surface area contributed by atoms with Gasteiger partial charge in [-0.3, -0.25) is 4.98 Å². The standard InChI is InChI=1S/C17H18ClN3O/c1-22-11-12-4-6-21(7-5-12)17-13(9-19)10-20-16-3-2-14(18)8-15(16)17/h2-3,8,10,12H,4-7,11H2,1H3. The summed E-state index contributed by atoms with van der Waals surface area (Å²) >= 11 is 6.14. The zero-order chi connectivity index (χ0) is 15.5. The summed E-state index contributed by atoms with van der Waals surface area (Å²) in [6, 6.07) is 7.91. The SMILES string of the molecule is COCC1CCN(c2c(C#N)cnc3ccc(Cl)cc23)CC1. The summed E-state index contributed by atoms with van der Waals surface area (Å²) in [6.07, 6.45) is 3.80. The molecule has 1 fully saturated rings. The molecule has 2 heterocycles. The number of rotatable bonds is 3. The van der Waals surface area contributed by atoms with Gasteiger partial charge in [-0.05, 0) is 37.0 Å². The molecule has 2 aromatic rings. The van der Waals surface area contributed by atoms with E-state index in [4.69, 9.17) is 16.3 Å². The molecule has 0 atom stereocenters. The number of anilines is 1. The van der Waals surface area contributed by atoms with Crippen LogP contribution in [0.1, 0.15) is 18.4 Å². The Morgan fingerprint density at radius 3 is 2.86 bits per heavy atom. The van der Waals surface area contributed by atoms with Gasteiger partial charge in [0.15, 0.2) is 0 Å². The highest BCUT2D eigenvalue weighted by Gasteiger charge is 2.23. The number of fused-ring (bicyclic) bond motifs is 1. The number of hydrogen-bond acceptors (Lipinski definition) is 4. The highest BCUT2D eigenvalue weighted by atomic mass is 35.5. The lowest BCUT2D eigenvalue weighted by molar-refractivity contribution is 0.139. The molecule has 0 aliphatic carbocycles. The van der Waals surface area contributed by atoms with Crippen molar-refractivity contribution in [1.82, 2.24) is 4.98 Å². The third-order valence-corrected chi connectivity index (χ3v) is 4.49. The second kappa shape index (κ2) is 6.51. The normalized spacial score (nSPS) is 16.0. The molecular weight excluding hydrogens is 298 g/mol. The topological polar surface area (TPSA) is 49.1 Å². The molecule has 0 radical (unpaired) electrons. The van der Waals surface area contributed by atoms with Gasteiger partial charge >= 0.3 is 0 Å². The van der Waals surface area contributed by atoms with Crippen molar-refractivity contribution in [1.29, 1.82) is 5.26 Å². The number of pyridine rings is 1. The van der Waals surface area contributed by atoms with Crippen molar-refractivity contribution in [3.05, 3.63) is 35.0 Å². The van der Waals surface area contributed by atoms with Gasteiger partial charge in [0.2, 0.25) is 0 Å². The maximum Gasteiger partial charge on any atom is 0.103 e. The van der Waals surface area contributed by atoms with Gasteiger partial charge in [0, 0.05) is 43.4 Å². The lowest BCUT2D eigenvalue weighted by Crippen LogP contribution is -2.35. The number of halogens is 1. The molecule has 3 rings (SSSR count).